The SMILES string of the molecule is CC(=O)OC(O)C(OCc1ccccc1)C(O)C(CCOCc1ccccc1)OCc1ccccc1. The second-order valence-corrected chi connectivity index (χ2v) is 8.41. The Kier molecular flexibility index (Phi) is 11.6. The summed E-state index contributed by atoms with van der Waals surface area (Å²) in [6.45, 7) is 2.27. The smallest absolute Gasteiger partial charge is 0.305 e. The average molecular weight is 495 g/mol. The summed E-state index contributed by atoms with van der Waals surface area (Å²) in [4.78, 5) is 11.5. The van der Waals surface area contributed by atoms with Gasteiger partial charge in [0.25, 0.3) is 0 Å². The van der Waals surface area contributed by atoms with Gasteiger partial charge in [0.05, 0.1) is 25.9 Å². The van der Waals surface area contributed by atoms with Crippen molar-refractivity contribution in [2.45, 2.75) is 57.8 Å². The first-order valence-electron chi connectivity index (χ1n) is 12.0. The molecule has 7 heteroatoms. The average Bonchev–Trinajstić information content (AvgIpc) is 2.89. The van der Waals surface area contributed by atoms with Crippen LogP contribution in [-0.2, 0) is 43.6 Å². The predicted molar refractivity (Wildman–Crippen MR) is 135 cm³/mol. The van der Waals surface area contributed by atoms with Crippen molar-refractivity contribution in [3.63, 3.8) is 0 Å². The van der Waals surface area contributed by atoms with E-state index in [2.05, 4.69) is 0 Å². The van der Waals surface area contributed by atoms with Gasteiger partial charge in [-0.2, -0.15) is 0 Å². The third-order valence-corrected chi connectivity index (χ3v) is 5.54. The van der Waals surface area contributed by atoms with E-state index in [9.17, 15) is 15.0 Å². The van der Waals surface area contributed by atoms with E-state index in [-0.39, 0.29) is 13.2 Å². The molecule has 0 radical (unpaired) electrons. The number of hydrogen-bond acceptors (Lipinski definition) is 7. The number of hydrogen-bond donors (Lipinski definition) is 2. The Labute approximate surface area is 212 Å². The fraction of sp³-hybridized carbons (Fsp3) is 0.345. The highest BCUT2D eigenvalue weighted by atomic mass is 16.7. The summed E-state index contributed by atoms with van der Waals surface area (Å²) in [5.41, 5.74) is 2.81. The van der Waals surface area contributed by atoms with Gasteiger partial charge >= 0.3 is 5.97 Å². The summed E-state index contributed by atoms with van der Waals surface area (Å²) in [6, 6.07) is 28.7. The molecule has 0 saturated carbocycles. The number of carbonyl (C=O) groups excluding carboxylic acids is 1. The van der Waals surface area contributed by atoms with Gasteiger partial charge in [0.15, 0.2) is 0 Å². The van der Waals surface area contributed by atoms with E-state index in [0.717, 1.165) is 16.7 Å². The molecule has 3 aromatic rings. The van der Waals surface area contributed by atoms with Gasteiger partial charge in [-0.1, -0.05) is 91.0 Å². The van der Waals surface area contributed by atoms with E-state index in [4.69, 9.17) is 18.9 Å². The number of aliphatic hydroxyl groups excluding tert-OH is 2. The van der Waals surface area contributed by atoms with Gasteiger partial charge in [-0.25, -0.2) is 0 Å². The Balaban J connectivity index is 1.68. The van der Waals surface area contributed by atoms with Crippen LogP contribution in [0, 0.1) is 0 Å². The maximum atomic E-state index is 11.5. The first-order valence-corrected chi connectivity index (χ1v) is 12.0. The number of benzene rings is 3. The van der Waals surface area contributed by atoms with E-state index >= 15 is 0 Å². The van der Waals surface area contributed by atoms with Crippen LogP contribution in [0.2, 0.25) is 0 Å². The molecule has 4 atom stereocenters. The van der Waals surface area contributed by atoms with Crippen LogP contribution >= 0.6 is 0 Å². The van der Waals surface area contributed by atoms with E-state index in [1.807, 2.05) is 91.0 Å². The largest absolute Gasteiger partial charge is 0.433 e. The highest BCUT2D eigenvalue weighted by molar-refractivity contribution is 5.66. The zero-order chi connectivity index (χ0) is 25.6. The van der Waals surface area contributed by atoms with Crippen molar-refractivity contribution in [1.29, 1.82) is 0 Å². The van der Waals surface area contributed by atoms with Gasteiger partial charge in [-0.05, 0) is 23.1 Å². The highest BCUT2D eigenvalue weighted by Crippen LogP contribution is 2.19. The first kappa shape index (κ1) is 27.5. The molecule has 0 amide bonds. The van der Waals surface area contributed by atoms with Gasteiger partial charge in [0.1, 0.15) is 12.2 Å². The van der Waals surface area contributed by atoms with Gasteiger partial charge < -0.3 is 29.2 Å². The van der Waals surface area contributed by atoms with Crippen LogP contribution in [0.25, 0.3) is 0 Å². The van der Waals surface area contributed by atoms with Crippen molar-refractivity contribution < 1.29 is 34.0 Å². The Morgan fingerprint density at radius 3 is 1.69 bits per heavy atom. The molecular formula is C29H34O7. The second-order valence-electron chi connectivity index (χ2n) is 8.41. The molecule has 2 N–H and O–H groups in total. The van der Waals surface area contributed by atoms with Gasteiger partial charge in [0.2, 0.25) is 6.29 Å². The molecule has 192 valence electrons. The first-order chi connectivity index (χ1) is 17.5. The summed E-state index contributed by atoms with van der Waals surface area (Å²) in [5, 5.41) is 21.8. The lowest BCUT2D eigenvalue weighted by Gasteiger charge is -2.32. The molecule has 3 rings (SSSR count). The number of ether oxygens (including phenoxy) is 4. The molecule has 0 saturated heterocycles. The van der Waals surface area contributed by atoms with Gasteiger partial charge in [-0.3, -0.25) is 4.79 Å². The van der Waals surface area contributed by atoms with Crippen LogP contribution in [0.15, 0.2) is 91.0 Å². The van der Waals surface area contributed by atoms with Crippen molar-refractivity contribution in [3.05, 3.63) is 108 Å². The lowest BCUT2D eigenvalue weighted by Crippen LogP contribution is -2.48. The Morgan fingerprint density at radius 2 is 1.19 bits per heavy atom. The molecule has 0 aromatic heterocycles. The van der Waals surface area contributed by atoms with Crippen LogP contribution in [0.3, 0.4) is 0 Å². The number of aliphatic hydroxyl groups is 2. The van der Waals surface area contributed by atoms with E-state index in [1.165, 1.54) is 6.92 Å². The molecule has 36 heavy (non-hydrogen) atoms. The third kappa shape index (κ3) is 9.53. The molecule has 0 aliphatic rings. The van der Waals surface area contributed by atoms with Crippen molar-refractivity contribution in [2.24, 2.45) is 0 Å². The van der Waals surface area contributed by atoms with E-state index in [0.29, 0.717) is 19.6 Å². The summed E-state index contributed by atoms with van der Waals surface area (Å²) in [6.07, 6.45) is -4.63. The van der Waals surface area contributed by atoms with Gasteiger partial charge in [-0.15, -0.1) is 0 Å². The molecule has 0 spiro atoms. The van der Waals surface area contributed by atoms with Crippen LogP contribution in [0.4, 0.5) is 0 Å². The quantitative estimate of drug-likeness (QED) is 0.187. The monoisotopic (exact) mass is 494 g/mol. The summed E-state index contributed by atoms with van der Waals surface area (Å²) >= 11 is 0. The topological polar surface area (TPSA) is 94.5 Å². The summed E-state index contributed by atoms with van der Waals surface area (Å²) < 4.78 is 22.7. The minimum atomic E-state index is -1.67. The van der Waals surface area contributed by atoms with Crippen LogP contribution < -0.4 is 0 Å². The normalized spacial score (nSPS) is 14.5. The van der Waals surface area contributed by atoms with Crippen LogP contribution in [-0.4, -0.2) is 47.4 Å². The number of rotatable bonds is 15. The molecule has 0 heterocycles. The standard InChI is InChI=1S/C29H34O7/c1-22(30)36-29(32)28(35-21-25-15-9-4-10-16-25)27(31)26(34-20-24-13-7-3-8-14-24)17-18-33-19-23-11-5-2-6-12-23/h2-16,26-29,31-32H,17-21H2,1H3. The fourth-order valence-corrected chi connectivity index (χ4v) is 3.66. The molecule has 0 aliphatic carbocycles. The molecular weight excluding hydrogens is 460 g/mol. The van der Waals surface area contributed by atoms with Crippen molar-refractivity contribution in [3.8, 4) is 0 Å². The zero-order valence-electron chi connectivity index (χ0n) is 20.4. The Hall–Kier alpha value is -3.07. The molecule has 7 nitrogen and oxygen atoms in total. The predicted octanol–water partition coefficient (Wildman–Crippen LogP) is 4.01. The molecule has 0 fully saturated rings. The zero-order valence-corrected chi connectivity index (χ0v) is 20.4. The van der Waals surface area contributed by atoms with Gasteiger partial charge in [0, 0.05) is 13.5 Å². The minimum absolute atomic E-state index is 0.108. The lowest BCUT2D eigenvalue weighted by atomic mass is 10.0. The second kappa shape index (κ2) is 15.1. The third-order valence-electron chi connectivity index (χ3n) is 5.54. The number of esters is 1. The lowest BCUT2D eigenvalue weighted by molar-refractivity contribution is -0.226. The summed E-state index contributed by atoms with van der Waals surface area (Å²) in [5.74, 6) is -0.684. The fourth-order valence-electron chi connectivity index (χ4n) is 3.66. The minimum Gasteiger partial charge on any atom is -0.433 e. The highest BCUT2D eigenvalue weighted by Gasteiger charge is 2.36. The molecule has 0 aliphatic heterocycles. The summed E-state index contributed by atoms with van der Waals surface area (Å²) in [7, 11) is 0. The van der Waals surface area contributed by atoms with E-state index in [1.54, 1.807) is 0 Å². The Morgan fingerprint density at radius 1 is 0.722 bits per heavy atom. The van der Waals surface area contributed by atoms with Crippen molar-refractivity contribution in [1.82, 2.24) is 0 Å². The van der Waals surface area contributed by atoms with Crippen LogP contribution in [0.5, 0.6) is 0 Å². The van der Waals surface area contributed by atoms with E-state index < -0.39 is 30.6 Å². The van der Waals surface area contributed by atoms with Crippen molar-refractivity contribution >= 4 is 5.97 Å². The maximum Gasteiger partial charge on any atom is 0.305 e. The molecule has 3 aromatic carbocycles. The molecule has 4 unspecified atom stereocenters. The number of carbonyl (C=O) groups is 1. The van der Waals surface area contributed by atoms with Crippen molar-refractivity contribution in [2.75, 3.05) is 6.61 Å². The maximum absolute atomic E-state index is 11.5. The molecule has 0 bridgehead atoms. The Bertz CT molecular complexity index is 998. The van der Waals surface area contributed by atoms with Crippen LogP contribution in [0.1, 0.15) is 30.0 Å².